The van der Waals surface area contributed by atoms with Crippen molar-refractivity contribution in [2.24, 2.45) is 0 Å². The first-order valence-corrected chi connectivity index (χ1v) is 11.0. The second-order valence-electron chi connectivity index (χ2n) is 6.51. The van der Waals surface area contributed by atoms with E-state index in [0.717, 1.165) is 33.4 Å². The van der Waals surface area contributed by atoms with Crippen molar-refractivity contribution >= 4 is 49.8 Å². The number of pyridine rings is 1. The lowest BCUT2D eigenvalue weighted by Crippen LogP contribution is -2.33. The predicted octanol–water partition coefficient (Wildman–Crippen LogP) is 4.59. The topological polar surface area (TPSA) is 66.1 Å². The molecule has 1 aromatic carbocycles. The molecule has 4 rings (SSSR count). The number of sulfonamides is 1. The number of rotatable bonds is 3. The first-order chi connectivity index (χ1) is 12.8. The molecule has 8 heteroatoms. The molecule has 0 unspecified atom stereocenters. The average molecular weight is 422 g/mol. The molecule has 0 saturated carbocycles. The molecule has 0 aliphatic carbocycles. The van der Waals surface area contributed by atoms with Crippen LogP contribution in [0.25, 0.3) is 27.7 Å². The molecule has 0 amide bonds. The van der Waals surface area contributed by atoms with E-state index in [2.05, 4.69) is 9.97 Å². The SMILES string of the molecule is CS(=O)(=O)N1CC=C(c2cc3c(-c4cccc(Cl)c4Cl)ccnc3[nH]2)CC1. The lowest BCUT2D eigenvalue weighted by molar-refractivity contribution is 0.445. The normalized spacial score (nSPS) is 15.9. The predicted molar refractivity (Wildman–Crippen MR) is 111 cm³/mol. The number of H-pyrrole nitrogens is 1. The standard InChI is InChI=1S/C19H17Cl2N3O2S/c1-27(25,26)24-9-6-12(7-10-24)17-11-15-13(5-8-22-19(15)23-17)14-3-2-4-16(20)18(14)21/h2-6,8,11H,7,9-10H2,1H3,(H,22,23). The highest BCUT2D eigenvalue weighted by Crippen LogP contribution is 2.37. The molecule has 0 bridgehead atoms. The maximum atomic E-state index is 11.7. The summed E-state index contributed by atoms with van der Waals surface area (Å²) in [6.07, 6.45) is 5.56. The van der Waals surface area contributed by atoms with E-state index in [1.54, 1.807) is 12.3 Å². The third-order valence-electron chi connectivity index (χ3n) is 4.76. The van der Waals surface area contributed by atoms with Crippen molar-refractivity contribution in [2.45, 2.75) is 6.42 Å². The lowest BCUT2D eigenvalue weighted by atomic mass is 10.0. The summed E-state index contributed by atoms with van der Waals surface area (Å²) in [6.45, 7) is 0.852. The maximum absolute atomic E-state index is 11.7. The molecule has 0 saturated heterocycles. The Bertz CT molecular complexity index is 1170. The lowest BCUT2D eigenvalue weighted by Gasteiger charge is -2.23. The van der Waals surface area contributed by atoms with Gasteiger partial charge in [-0.2, -0.15) is 4.31 Å². The minimum Gasteiger partial charge on any atom is -0.339 e. The number of benzene rings is 1. The third-order valence-corrected chi connectivity index (χ3v) is 6.85. The number of nitrogens with zero attached hydrogens (tertiary/aromatic N) is 2. The summed E-state index contributed by atoms with van der Waals surface area (Å²) in [7, 11) is -3.17. The second kappa shape index (κ2) is 6.95. The largest absolute Gasteiger partial charge is 0.339 e. The molecular formula is C19H17Cl2N3O2S. The van der Waals surface area contributed by atoms with E-state index in [1.165, 1.54) is 10.6 Å². The molecule has 1 aliphatic rings. The molecule has 140 valence electrons. The second-order valence-corrected chi connectivity index (χ2v) is 9.27. The maximum Gasteiger partial charge on any atom is 0.211 e. The summed E-state index contributed by atoms with van der Waals surface area (Å²) < 4.78 is 24.8. The highest BCUT2D eigenvalue weighted by molar-refractivity contribution is 7.88. The van der Waals surface area contributed by atoms with Gasteiger partial charge in [0.15, 0.2) is 0 Å². The smallest absolute Gasteiger partial charge is 0.211 e. The number of hydrogen-bond donors (Lipinski definition) is 1. The number of aromatic nitrogens is 2. The molecule has 2 aromatic heterocycles. The van der Waals surface area contributed by atoms with Gasteiger partial charge in [0.1, 0.15) is 5.65 Å². The van der Waals surface area contributed by atoms with Gasteiger partial charge in [-0.25, -0.2) is 13.4 Å². The van der Waals surface area contributed by atoms with Crippen molar-refractivity contribution < 1.29 is 8.42 Å². The number of aromatic amines is 1. The van der Waals surface area contributed by atoms with Crippen molar-refractivity contribution in [1.29, 1.82) is 0 Å². The molecular weight excluding hydrogens is 405 g/mol. The van der Waals surface area contributed by atoms with Crippen LogP contribution in [-0.4, -0.2) is 42.0 Å². The van der Waals surface area contributed by atoms with Crippen LogP contribution in [0.4, 0.5) is 0 Å². The van der Waals surface area contributed by atoms with Crippen molar-refractivity contribution in [3.63, 3.8) is 0 Å². The molecule has 0 fully saturated rings. The molecule has 27 heavy (non-hydrogen) atoms. The monoisotopic (exact) mass is 421 g/mol. The summed E-state index contributed by atoms with van der Waals surface area (Å²) in [5, 5.41) is 1.96. The Morgan fingerprint density at radius 2 is 2.00 bits per heavy atom. The van der Waals surface area contributed by atoms with Crippen LogP contribution < -0.4 is 0 Å². The van der Waals surface area contributed by atoms with Gasteiger partial charge < -0.3 is 4.98 Å². The molecule has 1 aliphatic heterocycles. The van der Waals surface area contributed by atoms with Crippen LogP contribution in [0.15, 0.2) is 42.6 Å². The summed E-state index contributed by atoms with van der Waals surface area (Å²) in [4.78, 5) is 7.76. The van der Waals surface area contributed by atoms with Crippen LogP contribution >= 0.6 is 23.2 Å². The Kier molecular flexibility index (Phi) is 4.76. The first kappa shape index (κ1) is 18.5. The van der Waals surface area contributed by atoms with Gasteiger partial charge in [0, 0.05) is 35.9 Å². The van der Waals surface area contributed by atoms with E-state index in [0.29, 0.717) is 29.6 Å². The summed E-state index contributed by atoms with van der Waals surface area (Å²) >= 11 is 12.6. The molecule has 5 nitrogen and oxygen atoms in total. The number of halogens is 2. The van der Waals surface area contributed by atoms with Gasteiger partial charge in [0.25, 0.3) is 0 Å². The van der Waals surface area contributed by atoms with E-state index in [1.807, 2.05) is 30.3 Å². The summed E-state index contributed by atoms with van der Waals surface area (Å²) in [6, 6.07) is 9.51. The van der Waals surface area contributed by atoms with Crippen molar-refractivity contribution in [3.05, 3.63) is 58.3 Å². The summed E-state index contributed by atoms with van der Waals surface area (Å²) in [5.41, 5.74) is 4.57. The van der Waals surface area contributed by atoms with Crippen LogP contribution in [0.3, 0.4) is 0 Å². The fourth-order valence-corrected chi connectivity index (χ4v) is 4.51. The van der Waals surface area contributed by atoms with Gasteiger partial charge in [-0.1, -0.05) is 41.4 Å². The van der Waals surface area contributed by atoms with Crippen molar-refractivity contribution in [2.75, 3.05) is 19.3 Å². The van der Waals surface area contributed by atoms with E-state index in [4.69, 9.17) is 23.2 Å². The van der Waals surface area contributed by atoms with Gasteiger partial charge in [0.05, 0.1) is 16.3 Å². The highest BCUT2D eigenvalue weighted by Gasteiger charge is 2.21. The molecule has 1 N–H and O–H groups in total. The Balaban J connectivity index is 1.76. The zero-order chi connectivity index (χ0) is 19.2. The van der Waals surface area contributed by atoms with Crippen LogP contribution in [0, 0.1) is 0 Å². The molecule has 3 aromatic rings. The zero-order valence-corrected chi connectivity index (χ0v) is 16.9. The quantitative estimate of drug-likeness (QED) is 0.672. The third kappa shape index (κ3) is 3.50. The fraction of sp³-hybridized carbons (Fsp3) is 0.211. The van der Waals surface area contributed by atoms with Crippen LogP contribution in [0.1, 0.15) is 12.1 Å². The molecule has 0 radical (unpaired) electrons. The molecule has 0 spiro atoms. The molecule has 0 atom stereocenters. The molecule has 3 heterocycles. The van der Waals surface area contributed by atoms with Gasteiger partial charge in [-0.3, -0.25) is 0 Å². The van der Waals surface area contributed by atoms with Crippen LogP contribution in [0.2, 0.25) is 10.0 Å². The van der Waals surface area contributed by atoms with Crippen molar-refractivity contribution in [1.82, 2.24) is 14.3 Å². The number of fused-ring (bicyclic) bond motifs is 1. The first-order valence-electron chi connectivity index (χ1n) is 8.41. The van der Waals surface area contributed by atoms with E-state index in [9.17, 15) is 8.42 Å². The van der Waals surface area contributed by atoms with E-state index >= 15 is 0 Å². The van der Waals surface area contributed by atoms with Crippen molar-refractivity contribution in [3.8, 4) is 11.1 Å². The van der Waals surface area contributed by atoms with Gasteiger partial charge in [-0.05, 0) is 35.8 Å². The highest BCUT2D eigenvalue weighted by atomic mass is 35.5. The Labute approximate surface area is 167 Å². The minimum atomic E-state index is -3.17. The van der Waals surface area contributed by atoms with Crippen LogP contribution in [0.5, 0.6) is 0 Å². The van der Waals surface area contributed by atoms with Crippen LogP contribution in [-0.2, 0) is 10.0 Å². The number of nitrogens with one attached hydrogen (secondary N) is 1. The summed E-state index contributed by atoms with van der Waals surface area (Å²) in [5.74, 6) is 0. The average Bonchev–Trinajstić information content (AvgIpc) is 3.08. The fourth-order valence-electron chi connectivity index (χ4n) is 3.34. The van der Waals surface area contributed by atoms with Gasteiger partial charge in [0.2, 0.25) is 10.0 Å². The zero-order valence-electron chi connectivity index (χ0n) is 14.5. The minimum absolute atomic E-state index is 0.379. The number of hydrogen-bond acceptors (Lipinski definition) is 3. The Hall–Kier alpha value is -1.86. The van der Waals surface area contributed by atoms with Gasteiger partial charge in [-0.15, -0.1) is 0 Å². The van der Waals surface area contributed by atoms with E-state index in [-0.39, 0.29) is 0 Å². The Morgan fingerprint density at radius 3 is 2.70 bits per heavy atom. The van der Waals surface area contributed by atoms with E-state index < -0.39 is 10.0 Å². The Morgan fingerprint density at radius 1 is 1.19 bits per heavy atom. The van der Waals surface area contributed by atoms with Gasteiger partial charge >= 0.3 is 0 Å².